The van der Waals surface area contributed by atoms with Gasteiger partial charge in [0.1, 0.15) is 0 Å². The Morgan fingerprint density at radius 3 is 1.57 bits per heavy atom. The van der Waals surface area contributed by atoms with E-state index < -0.39 is 0 Å². The van der Waals surface area contributed by atoms with Crippen LogP contribution in [-0.2, 0) is 21.7 Å². The average Bonchev–Trinajstić information content (AvgIpc) is 3.66. The van der Waals surface area contributed by atoms with Crippen molar-refractivity contribution in [1.29, 1.82) is 0 Å². The quantitative estimate of drug-likeness (QED) is 0.159. The Bertz CT molecular complexity index is 3530. The fourth-order valence-corrected chi connectivity index (χ4v) is 14.1. The predicted molar refractivity (Wildman–Crippen MR) is 320 cm³/mol. The highest BCUT2D eigenvalue weighted by molar-refractivity contribution is 7.00. The summed E-state index contributed by atoms with van der Waals surface area (Å²) in [6.07, 6.45) is 2.25. The largest absolute Gasteiger partial charge is 0.334 e. The van der Waals surface area contributed by atoms with Crippen LogP contribution in [0.4, 0.5) is 45.5 Å². The fraction of sp³-hybridized carbons (Fsp3) is 0.314. The van der Waals surface area contributed by atoms with E-state index in [0.29, 0.717) is 0 Å². The number of rotatable bonds is 5. The smallest absolute Gasteiger partial charge is 0.252 e. The maximum Gasteiger partial charge on any atom is 0.252 e. The fourth-order valence-electron chi connectivity index (χ4n) is 14.1. The molecule has 3 nitrogen and oxygen atoms in total. The monoisotopic (exact) mass is 968 g/mol. The molecule has 0 radical (unpaired) electrons. The van der Waals surface area contributed by atoms with Crippen LogP contribution in [0.1, 0.15) is 131 Å². The van der Waals surface area contributed by atoms with Crippen molar-refractivity contribution < 1.29 is 0 Å². The number of fused-ring (bicyclic) bond motifs is 7. The normalized spacial score (nSPS) is 19.5. The van der Waals surface area contributed by atoms with Crippen molar-refractivity contribution in [1.82, 2.24) is 0 Å². The first-order valence-corrected chi connectivity index (χ1v) is 27.3. The molecule has 1 saturated carbocycles. The molecule has 0 amide bonds. The van der Waals surface area contributed by atoms with Gasteiger partial charge in [0.15, 0.2) is 0 Å². The molecule has 372 valence electrons. The molecular formula is C70H74BN3. The van der Waals surface area contributed by atoms with Gasteiger partial charge in [0.2, 0.25) is 0 Å². The van der Waals surface area contributed by atoms with Crippen LogP contribution in [0.2, 0.25) is 0 Å². The van der Waals surface area contributed by atoms with Crippen LogP contribution >= 0.6 is 0 Å². The van der Waals surface area contributed by atoms with Crippen LogP contribution < -0.4 is 31.1 Å². The second-order valence-electron chi connectivity index (χ2n) is 26.8. The lowest BCUT2D eigenvalue weighted by atomic mass is 9.33. The van der Waals surface area contributed by atoms with Gasteiger partial charge in [0.05, 0.1) is 11.2 Å². The lowest BCUT2D eigenvalue weighted by molar-refractivity contribution is 0.330. The minimum absolute atomic E-state index is 0.0219. The van der Waals surface area contributed by atoms with Crippen molar-refractivity contribution in [3.05, 3.63) is 198 Å². The maximum atomic E-state index is 2.77. The topological polar surface area (TPSA) is 9.72 Å². The summed E-state index contributed by atoms with van der Waals surface area (Å²) in [6.45, 7) is 33.4. The Morgan fingerprint density at radius 2 is 0.946 bits per heavy atom. The van der Waals surface area contributed by atoms with Gasteiger partial charge in [-0.2, -0.15) is 0 Å². The third kappa shape index (κ3) is 7.44. The molecule has 3 aliphatic heterocycles. The second kappa shape index (κ2) is 16.4. The van der Waals surface area contributed by atoms with Crippen molar-refractivity contribution in [2.24, 2.45) is 5.41 Å². The number of hydrogen-bond donors (Lipinski definition) is 0. The molecule has 1 aliphatic carbocycles. The molecule has 1 fully saturated rings. The number of nitrogens with zero attached hydrogens (tertiary/aromatic N) is 3. The molecule has 2 atom stereocenters. The first-order chi connectivity index (χ1) is 34.9. The minimum atomic E-state index is -0.135. The molecule has 0 bridgehead atoms. The van der Waals surface area contributed by atoms with Gasteiger partial charge in [0, 0.05) is 50.8 Å². The molecule has 8 aromatic rings. The van der Waals surface area contributed by atoms with E-state index in [-0.39, 0.29) is 39.3 Å². The first-order valence-electron chi connectivity index (χ1n) is 27.3. The van der Waals surface area contributed by atoms with Crippen molar-refractivity contribution in [2.75, 3.05) is 14.7 Å². The number of hydrogen-bond acceptors (Lipinski definition) is 3. The van der Waals surface area contributed by atoms with Crippen molar-refractivity contribution in [3.63, 3.8) is 0 Å². The van der Waals surface area contributed by atoms with E-state index in [1.165, 1.54) is 112 Å². The molecule has 0 saturated heterocycles. The van der Waals surface area contributed by atoms with E-state index in [2.05, 4.69) is 281 Å². The molecule has 2 unspecified atom stereocenters. The van der Waals surface area contributed by atoms with Gasteiger partial charge in [-0.15, -0.1) is 0 Å². The Morgan fingerprint density at radius 1 is 0.419 bits per heavy atom. The van der Waals surface area contributed by atoms with E-state index in [9.17, 15) is 0 Å². The molecule has 0 aromatic heterocycles. The summed E-state index contributed by atoms with van der Waals surface area (Å²) < 4.78 is 0. The van der Waals surface area contributed by atoms with E-state index in [0.717, 1.165) is 12.8 Å². The SMILES string of the molecule is Cc1cc2c3c(c1)N(c1ccc(C(C)(C)C)cc1-c1ccccc1)c1cc(-c4ccccc4)ccc1B3c1ccc(N3c4ccc(C(C)(C)C)cc4C4(C)CC(C)(C)CC34C)cc1N2c1ccc(C(C)(C)C)cc1. The summed E-state index contributed by atoms with van der Waals surface area (Å²) >= 11 is 0. The zero-order chi connectivity index (χ0) is 52.1. The molecule has 0 N–H and O–H groups in total. The number of anilines is 8. The van der Waals surface area contributed by atoms with Crippen molar-refractivity contribution in [3.8, 4) is 22.3 Å². The van der Waals surface area contributed by atoms with E-state index in [1.54, 1.807) is 0 Å². The molecule has 4 aliphatic rings. The van der Waals surface area contributed by atoms with Gasteiger partial charge in [-0.1, -0.05) is 192 Å². The third-order valence-electron chi connectivity index (χ3n) is 17.8. The van der Waals surface area contributed by atoms with E-state index in [4.69, 9.17) is 0 Å². The van der Waals surface area contributed by atoms with Crippen LogP contribution in [0, 0.1) is 12.3 Å². The van der Waals surface area contributed by atoms with Gasteiger partial charge in [-0.05, 0) is 170 Å². The number of benzene rings is 8. The van der Waals surface area contributed by atoms with Gasteiger partial charge < -0.3 is 14.7 Å². The van der Waals surface area contributed by atoms with E-state index >= 15 is 0 Å². The first kappa shape index (κ1) is 48.2. The molecule has 74 heavy (non-hydrogen) atoms. The molecular weight excluding hydrogens is 894 g/mol. The Balaban J connectivity index is 1.14. The Kier molecular flexibility index (Phi) is 10.7. The zero-order valence-corrected chi connectivity index (χ0v) is 46.5. The summed E-state index contributed by atoms with van der Waals surface area (Å²) in [5, 5.41) is 0. The molecule has 0 spiro atoms. The summed E-state index contributed by atoms with van der Waals surface area (Å²) in [5.41, 5.74) is 25.6. The van der Waals surface area contributed by atoms with Crippen LogP contribution in [0.3, 0.4) is 0 Å². The summed E-state index contributed by atoms with van der Waals surface area (Å²) in [4.78, 5) is 8.02. The highest BCUT2D eigenvalue weighted by Gasteiger charge is 2.64. The van der Waals surface area contributed by atoms with E-state index in [1.807, 2.05) is 0 Å². The third-order valence-corrected chi connectivity index (χ3v) is 17.8. The highest BCUT2D eigenvalue weighted by Crippen LogP contribution is 2.67. The number of aryl methyl sites for hydroxylation is 1. The lowest BCUT2D eigenvalue weighted by Crippen LogP contribution is -2.61. The molecule has 8 aromatic carbocycles. The van der Waals surface area contributed by atoms with Gasteiger partial charge >= 0.3 is 0 Å². The van der Waals surface area contributed by atoms with Crippen LogP contribution in [0.25, 0.3) is 22.3 Å². The van der Waals surface area contributed by atoms with Gasteiger partial charge in [-0.25, -0.2) is 0 Å². The summed E-state index contributed by atoms with van der Waals surface area (Å²) in [6, 6.07) is 65.9. The summed E-state index contributed by atoms with van der Waals surface area (Å²) in [7, 11) is 0. The van der Waals surface area contributed by atoms with Crippen LogP contribution in [0.15, 0.2) is 170 Å². The van der Waals surface area contributed by atoms with Crippen molar-refractivity contribution in [2.45, 2.75) is 137 Å². The maximum absolute atomic E-state index is 2.77. The molecule has 4 heteroatoms. The van der Waals surface area contributed by atoms with Crippen LogP contribution in [-0.4, -0.2) is 12.3 Å². The Labute approximate surface area is 443 Å². The minimum Gasteiger partial charge on any atom is -0.334 e. The lowest BCUT2D eigenvalue weighted by Gasteiger charge is -2.46. The van der Waals surface area contributed by atoms with Gasteiger partial charge in [-0.3, -0.25) is 0 Å². The van der Waals surface area contributed by atoms with Gasteiger partial charge in [0.25, 0.3) is 6.71 Å². The standard InChI is InChI=1S/C70H74BN3/c1-45-37-62-64-63(38-45)73(58-35-28-50(66(5,6)7)40-54(58)47-23-19-16-20-24-47)60-39-48(46-21-17-15-18-22-46)25-33-56(60)71(64)57-34-32-53(42-61(57)72(62)52-30-26-49(27-31-52)65(2,3)4)74-59-36-29-51(67(8,9)10)41-55(59)69(13)43-68(11,12)44-70(69,74)14/h15-42H,43-44H2,1-14H3. The highest BCUT2D eigenvalue weighted by atomic mass is 15.3. The van der Waals surface area contributed by atoms with Crippen molar-refractivity contribution >= 4 is 68.6 Å². The molecule has 3 heterocycles. The average molecular weight is 968 g/mol. The predicted octanol–water partition coefficient (Wildman–Crippen LogP) is 17.3. The second-order valence-corrected chi connectivity index (χ2v) is 26.8. The van der Waals surface area contributed by atoms with Crippen LogP contribution in [0.5, 0.6) is 0 Å². The summed E-state index contributed by atoms with van der Waals surface area (Å²) in [5.74, 6) is 0. The zero-order valence-electron chi connectivity index (χ0n) is 46.5. The Hall–Kier alpha value is -6.78. The molecule has 12 rings (SSSR count).